The van der Waals surface area contributed by atoms with Crippen LogP contribution in [0.4, 0.5) is 0 Å². The molecule has 0 saturated carbocycles. The van der Waals surface area contributed by atoms with Crippen LogP contribution in [0.2, 0.25) is 0 Å². The molecule has 0 radical (unpaired) electrons. The van der Waals surface area contributed by atoms with Gasteiger partial charge in [-0.2, -0.15) is 0 Å². The molecule has 0 aromatic carbocycles. The third-order valence-corrected chi connectivity index (χ3v) is 3.19. The van der Waals surface area contributed by atoms with Gasteiger partial charge in [0.15, 0.2) is 0 Å². The van der Waals surface area contributed by atoms with E-state index >= 15 is 0 Å². The van der Waals surface area contributed by atoms with Crippen LogP contribution in [0.3, 0.4) is 0 Å². The lowest BCUT2D eigenvalue weighted by Crippen LogP contribution is -2.40. The Morgan fingerprint density at radius 1 is 1.15 bits per heavy atom. The molecular formula is C10H17NO2. The lowest BCUT2D eigenvalue weighted by Gasteiger charge is -2.33. The van der Waals surface area contributed by atoms with E-state index in [2.05, 4.69) is 5.32 Å². The molecule has 74 valence electrons. The van der Waals surface area contributed by atoms with Gasteiger partial charge < -0.3 is 0 Å². The van der Waals surface area contributed by atoms with Crippen molar-refractivity contribution in [2.75, 3.05) is 0 Å². The zero-order valence-electron chi connectivity index (χ0n) is 8.68. The van der Waals surface area contributed by atoms with E-state index in [1.165, 1.54) is 0 Å². The van der Waals surface area contributed by atoms with E-state index < -0.39 is 5.41 Å². The molecule has 0 unspecified atom stereocenters. The largest absolute Gasteiger partial charge is 0.296 e. The summed E-state index contributed by atoms with van der Waals surface area (Å²) in [5.41, 5.74) is -0.475. The van der Waals surface area contributed by atoms with Crippen LogP contribution in [-0.2, 0) is 9.59 Å². The van der Waals surface area contributed by atoms with Crippen LogP contribution in [0.1, 0.15) is 34.1 Å². The smallest absolute Gasteiger partial charge is 0.233 e. The van der Waals surface area contributed by atoms with Crippen molar-refractivity contribution in [1.29, 1.82) is 0 Å². The van der Waals surface area contributed by atoms with Crippen LogP contribution in [0.25, 0.3) is 0 Å². The molecule has 3 heteroatoms. The highest BCUT2D eigenvalue weighted by atomic mass is 16.2. The summed E-state index contributed by atoms with van der Waals surface area (Å²) in [6.45, 7) is 7.99. The topological polar surface area (TPSA) is 46.2 Å². The summed E-state index contributed by atoms with van der Waals surface area (Å²) >= 11 is 0. The van der Waals surface area contributed by atoms with Crippen molar-refractivity contribution >= 4 is 11.8 Å². The predicted molar refractivity (Wildman–Crippen MR) is 49.9 cm³/mol. The third-order valence-electron chi connectivity index (χ3n) is 3.19. The molecule has 0 aliphatic carbocycles. The van der Waals surface area contributed by atoms with Crippen LogP contribution in [0.15, 0.2) is 0 Å². The Kier molecular flexibility index (Phi) is 2.46. The maximum atomic E-state index is 11.7. The highest BCUT2D eigenvalue weighted by Gasteiger charge is 2.50. The first-order valence-corrected chi connectivity index (χ1v) is 4.75. The Labute approximate surface area is 78.9 Å². The van der Waals surface area contributed by atoms with Crippen LogP contribution < -0.4 is 5.32 Å². The van der Waals surface area contributed by atoms with E-state index in [4.69, 9.17) is 0 Å². The minimum Gasteiger partial charge on any atom is -0.296 e. The van der Waals surface area contributed by atoms with E-state index in [0.717, 1.165) is 0 Å². The number of nitrogens with one attached hydrogen (secondary N) is 1. The first kappa shape index (κ1) is 10.2. The second-order valence-electron chi connectivity index (χ2n) is 4.40. The van der Waals surface area contributed by atoms with Crippen LogP contribution in [-0.4, -0.2) is 11.8 Å². The summed E-state index contributed by atoms with van der Waals surface area (Å²) in [6.07, 6.45) is 0.348. The number of hydrogen-bond acceptors (Lipinski definition) is 2. The number of carbonyl (C=O) groups excluding carboxylic acids is 2. The van der Waals surface area contributed by atoms with Crippen LogP contribution in [0.5, 0.6) is 0 Å². The lowest BCUT2D eigenvalue weighted by atomic mass is 9.68. The Hall–Kier alpha value is -0.860. The van der Waals surface area contributed by atoms with E-state index in [0.29, 0.717) is 6.42 Å². The quantitative estimate of drug-likeness (QED) is 0.656. The van der Waals surface area contributed by atoms with Crippen molar-refractivity contribution in [3.05, 3.63) is 0 Å². The van der Waals surface area contributed by atoms with Gasteiger partial charge in [0.05, 0.1) is 5.41 Å². The standard InChI is InChI=1S/C10H17NO2/c1-6(2)10(7(3)4)5-8(12)11-9(10)13/h6-7H,5H2,1-4H3,(H,11,12,13). The van der Waals surface area contributed by atoms with Gasteiger partial charge in [-0.15, -0.1) is 0 Å². The number of hydrogen-bond donors (Lipinski definition) is 1. The predicted octanol–water partition coefficient (Wildman–Crippen LogP) is 1.33. The average molecular weight is 183 g/mol. The van der Waals surface area contributed by atoms with Gasteiger partial charge in [0.25, 0.3) is 0 Å². The fourth-order valence-electron chi connectivity index (χ4n) is 2.23. The molecule has 13 heavy (non-hydrogen) atoms. The summed E-state index contributed by atoms with van der Waals surface area (Å²) in [6, 6.07) is 0. The summed E-state index contributed by atoms with van der Waals surface area (Å²) in [7, 11) is 0. The van der Waals surface area contributed by atoms with Crippen LogP contribution >= 0.6 is 0 Å². The molecule has 2 amide bonds. The van der Waals surface area contributed by atoms with Gasteiger partial charge >= 0.3 is 0 Å². The summed E-state index contributed by atoms with van der Waals surface area (Å²) in [5, 5.41) is 2.39. The SMILES string of the molecule is CC(C)C1(C(C)C)CC(=O)NC1=O. The second kappa shape index (κ2) is 3.13. The molecule has 1 fully saturated rings. The normalized spacial score (nSPS) is 21.4. The van der Waals surface area contributed by atoms with Gasteiger partial charge in [-0.05, 0) is 11.8 Å². The zero-order valence-corrected chi connectivity index (χ0v) is 8.68. The van der Waals surface area contributed by atoms with E-state index in [1.54, 1.807) is 0 Å². The molecule has 0 bridgehead atoms. The Bertz CT molecular complexity index is 235. The highest BCUT2D eigenvalue weighted by Crippen LogP contribution is 2.42. The minimum absolute atomic E-state index is 0.0949. The average Bonchev–Trinajstić information content (AvgIpc) is 2.26. The molecule has 0 atom stereocenters. The summed E-state index contributed by atoms with van der Waals surface area (Å²) in [5.74, 6) is 0.188. The fourth-order valence-corrected chi connectivity index (χ4v) is 2.23. The Morgan fingerprint density at radius 2 is 1.62 bits per heavy atom. The highest BCUT2D eigenvalue weighted by molar-refractivity contribution is 6.06. The monoisotopic (exact) mass is 183 g/mol. The molecular weight excluding hydrogens is 166 g/mol. The van der Waals surface area contributed by atoms with Gasteiger partial charge in [0.2, 0.25) is 11.8 Å². The van der Waals surface area contributed by atoms with Crippen molar-refractivity contribution < 1.29 is 9.59 Å². The van der Waals surface area contributed by atoms with E-state index in [1.807, 2.05) is 27.7 Å². The van der Waals surface area contributed by atoms with E-state index in [-0.39, 0.29) is 23.7 Å². The molecule has 1 saturated heterocycles. The maximum absolute atomic E-state index is 11.7. The van der Waals surface area contributed by atoms with Gasteiger partial charge in [-0.3, -0.25) is 14.9 Å². The maximum Gasteiger partial charge on any atom is 0.233 e. The fraction of sp³-hybridized carbons (Fsp3) is 0.800. The molecule has 0 aromatic heterocycles. The molecule has 1 rings (SSSR count). The summed E-state index contributed by atoms with van der Waals surface area (Å²) in [4.78, 5) is 22.8. The van der Waals surface area contributed by atoms with Crippen molar-refractivity contribution in [3.8, 4) is 0 Å². The van der Waals surface area contributed by atoms with Crippen molar-refractivity contribution in [3.63, 3.8) is 0 Å². The Morgan fingerprint density at radius 3 is 1.77 bits per heavy atom. The van der Waals surface area contributed by atoms with Gasteiger partial charge in [0.1, 0.15) is 0 Å². The first-order valence-electron chi connectivity index (χ1n) is 4.75. The first-order chi connectivity index (χ1) is 5.91. The lowest BCUT2D eigenvalue weighted by molar-refractivity contribution is -0.132. The molecule has 3 nitrogen and oxygen atoms in total. The molecule has 1 aliphatic rings. The number of imide groups is 1. The minimum atomic E-state index is -0.475. The van der Waals surface area contributed by atoms with Gasteiger partial charge in [0, 0.05) is 6.42 Å². The molecule has 1 heterocycles. The van der Waals surface area contributed by atoms with Crippen molar-refractivity contribution in [2.45, 2.75) is 34.1 Å². The summed E-state index contributed by atoms with van der Waals surface area (Å²) < 4.78 is 0. The Balaban J connectivity index is 3.05. The van der Waals surface area contributed by atoms with Crippen molar-refractivity contribution in [2.24, 2.45) is 17.3 Å². The van der Waals surface area contributed by atoms with Crippen molar-refractivity contribution in [1.82, 2.24) is 5.32 Å². The second-order valence-corrected chi connectivity index (χ2v) is 4.40. The molecule has 1 N–H and O–H groups in total. The zero-order chi connectivity index (χ0) is 10.2. The number of carbonyl (C=O) groups is 2. The molecule has 0 aromatic rings. The van der Waals surface area contributed by atoms with Crippen LogP contribution in [0, 0.1) is 17.3 Å². The van der Waals surface area contributed by atoms with E-state index in [9.17, 15) is 9.59 Å². The third kappa shape index (κ3) is 1.36. The number of amides is 2. The van der Waals surface area contributed by atoms with Gasteiger partial charge in [-0.25, -0.2) is 0 Å². The molecule has 0 spiro atoms. The molecule has 1 aliphatic heterocycles. The number of rotatable bonds is 2. The van der Waals surface area contributed by atoms with Gasteiger partial charge in [-0.1, -0.05) is 27.7 Å².